The minimum Gasteiger partial charge on any atom is -0.385 e. The van der Waals surface area contributed by atoms with Gasteiger partial charge in [-0.2, -0.15) is 0 Å². The van der Waals surface area contributed by atoms with Crippen LogP contribution in [0.15, 0.2) is 22.7 Å². The first-order chi connectivity index (χ1) is 8.49. The predicted molar refractivity (Wildman–Crippen MR) is 79.9 cm³/mol. The smallest absolute Gasteiger partial charge is 0.0883 e. The summed E-state index contributed by atoms with van der Waals surface area (Å²) in [6.07, 6.45) is 7.24. The largest absolute Gasteiger partial charge is 0.385 e. The molecule has 2 rings (SSSR count). The van der Waals surface area contributed by atoms with E-state index in [2.05, 4.69) is 15.9 Å². The van der Waals surface area contributed by atoms with Crippen LogP contribution in [0.2, 0.25) is 5.02 Å². The van der Waals surface area contributed by atoms with Crippen molar-refractivity contribution in [3.05, 3.63) is 33.3 Å². The maximum absolute atomic E-state index is 10.6. The molecule has 1 atom stereocenters. The van der Waals surface area contributed by atoms with Crippen molar-refractivity contribution in [3.63, 3.8) is 0 Å². The van der Waals surface area contributed by atoms with Crippen LogP contribution in [-0.4, -0.2) is 5.11 Å². The fourth-order valence-corrected chi connectivity index (χ4v) is 3.72. The van der Waals surface area contributed by atoms with Gasteiger partial charge in [0.2, 0.25) is 0 Å². The van der Waals surface area contributed by atoms with Crippen LogP contribution in [0.1, 0.15) is 51.0 Å². The van der Waals surface area contributed by atoms with Crippen molar-refractivity contribution in [2.24, 2.45) is 5.92 Å². The monoisotopic (exact) mass is 330 g/mol. The van der Waals surface area contributed by atoms with Gasteiger partial charge < -0.3 is 5.11 Å². The molecule has 1 N–H and O–H groups in total. The molecule has 0 bridgehead atoms. The predicted octanol–water partition coefficient (Wildman–Crippen LogP) is 5.28. The number of hydrogen-bond acceptors (Lipinski definition) is 1. The Balaban J connectivity index is 2.04. The van der Waals surface area contributed by atoms with Gasteiger partial charge in [0.1, 0.15) is 0 Å². The van der Waals surface area contributed by atoms with Crippen LogP contribution in [0, 0.1) is 5.92 Å². The maximum Gasteiger partial charge on any atom is 0.0883 e. The summed E-state index contributed by atoms with van der Waals surface area (Å²) in [5.74, 6) is 0.797. The molecule has 0 aliphatic heterocycles. The molecule has 18 heavy (non-hydrogen) atoms. The lowest BCUT2D eigenvalue weighted by molar-refractivity contribution is 0.0410. The van der Waals surface area contributed by atoms with Crippen LogP contribution in [0.25, 0.3) is 0 Å². The van der Waals surface area contributed by atoms with Crippen LogP contribution in [-0.2, 0) is 5.60 Å². The topological polar surface area (TPSA) is 20.2 Å². The third kappa shape index (κ3) is 3.49. The molecule has 1 fully saturated rings. The quantitative estimate of drug-likeness (QED) is 0.795. The van der Waals surface area contributed by atoms with Crippen molar-refractivity contribution in [1.29, 1.82) is 0 Å². The van der Waals surface area contributed by atoms with Crippen LogP contribution in [0.4, 0.5) is 0 Å². The zero-order valence-electron chi connectivity index (χ0n) is 10.8. The molecule has 1 nitrogen and oxygen atoms in total. The highest BCUT2D eigenvalue weighted by molar-refractivity contribution is 9.10. The van der Waals surface area contributed by atoms with Gasteiger partial charge in [0.05, 0.1) is 5.60 Å². The van der Waals surface area contributed by atoms with Crippen molar-refractivity contribution in [3.8, 4) is 0 Å². The first-order valence-corrected chi connectivity index (χ1v) is 7.84. The summed E-state index contributed by atoms with van der Waals surface area (Å²) in [5, 5.41) is 11.3. The minimum atomic E-state index is -0.819. The summed E-state index contributed by atoms with van der Waals surface area (Å²) in [6.45, 7) is 1.87. The lowest BCUT2D eigenvalue weighted by Crippen LogP contribution is -2.22. The number of aliphatic hydroxyl groups is 1. The molecule has 0 amide bonds. The van der Waals surface area contributed by atoms with Gasteiger partial charge >= 0.3 is 0 Å². The zero-order valence-corrected chi connectivity index (χ0v) is 13.1. The number of benzene rings is 1. The Labute approximate surface area is 123 Å². The Kier molecular flexibility index (Phi) is 4.74. The number of rotatable bonds is 4. The van der Waals surface area contributed by atoms with Crippen molar-refractivity contribution < 1.29 is 5.11 Å². The van der Waals surface area contributed by atoms with Crippen LogP contribution < -0.4 is 0 Å². The summed E-state index contributed by atoms with van der Waals surface area (Å²) < 4.78 is 0.947. The van der Waals surface area contributed by atoms with Gasteiger partial charge in [-0.3, -0.25) is 0 Å². The first kappa shape index (κ1) is 14.4. The second-order valence-electron chi connectivity index (χ2n) is 5.59. The summed E-state index contributed by atoms with van der Waals surface area (Å²) in [7, 11) is 0. The summed E-state index contributed by atoms with van der Waals surface area (Å²) in [4.78, 5) is 0. The molecule has 1 aliphatic carbocycles. The molecular weight excluding hydrogens is 312 g/mol. The highest BCUT2D eigenvalue weighted by atomic mass is 79.9. The van der Waals surface area contributed by atoms with Crippen LogP contribution in [0.3, 0.4) is 0 Å². The molecule has 1 aromatic carbocycles. The molecule has 3 heteroatoms. The van der Waals surface area contributed by atoms with E-state index in [9.17, 15) is 5.11 Å². The second kappa shape index (κ2) is 5.94. The molecule has 1 aromatic rings. The molecule has 0 spiro atoms. The molecule has 100 valence electrons. The summed E-state index contributed by atoms with van der Waals surface area (Å²) >= 11 is 9.61. The lowest BCUT2D eigenvalue weighted by Gasteiger charge is -2.26. The third-order valence-corrected chi connectivity index (χ3v) is 4.83. The normalized spacial score (nSPS) is 20.0. The fraction of sp³-hybridized carbons (Fsp3) is 0.600. The second-order valence-corrected chi connectivity index (χ2v) is 6.91. The lowest BCUT2D eigenvalue weighted by atomic mass is 9.87. The summed E-state index contributed by atoms with van der Waals surface area (Å²) in [5.41, 5.74) is 0.0192. The Morgan fingerprint density at radius 2 is 2.06 bits per heavy atom. The van der Waals surface area contributed by atoms with E-state index in [0.717, 1.165) is 28.8 Å². The van der Waals surface area contributed by atoms with E-state index in [-0.39, 0.29) is 0 Å². The molecular formula is C15H20BrClO. The van der Waals surface area contributed by atoms with Gasteiger partial charge in [-0.25, -0.2) is 0 Å². The van der Waals surface area contributed by atoms with Crippen LogP contribution >= 0.6 is 27.5 Å². The highest BCUT2D eigenvalue weighted by Gasteiger charge is 2.27. The molecule has 0 heterocycles. The SMILES string of the molecule is CC(O)(CCC1CCCC1)c1ccc(Br)cc1Cl. The Morgan fingerprint density at radius 3 is 2.67 bits per heavy atom. The molecule has 0 saturated heterocycles. The van der Waals surface area contributed by atoms with Gasteiger partial charge in [-0.1, -0.05) is 59.3 Å². The van der Waals surface area contributed by atoms with E-state index in [1.807, 2.05) is 25.1 Å². The maximum atomic E-state index is 10.6. The van der Waals surface area contributed by atoms with Gasteiger partial charge in [-0.05, 0) is 37.8 Å². The van der Waals surface area contributed by atoms with E-state index in [0.29, 0.717) is 5.02 Å². The number of halogens is 2. The molecule has 0 aromatic heterocycles. The molecule has 1 unspecified atom stereocenters. The third-order valence-electron chi connectivity index (χ3n) is 4.03. The molecule has 1 aliphatic rings. The van der Waals surface area contributed by atoms with Crippen molar-refractivity contribution in [1.82, 2.24) is 0 Å². The average Bonchev–Trinajstić information content (AvgIpc) is 2.78. The van der Waals surface area contributed by atoms with E-state index in [1.54, 1.807) is 0 Å². The fourth-order valence-electron chi connectivity index (χ4n) is 2.85. The molecule has 0 radical (unpaired) electrons. The van der Waals surface area contributed by atoms with Gasteiger partial charge in [0.25, 0.3) is 0 Å². The highest BCUT2D eigenvalue weighted by Crippen LogP contribution is 2.37. The van der Waals surface area contributed by atoms with E-state index in [1.165, 1.54) is 25.7 Å². The van der Waals surface area contributed by atoms with Gasteiger partial charge in [0.15, 0.2) is 0 Å². The van der Waals surface area contributed by atoms with Crippen molar-refractivity contribution >= 4 is 27.5 Å². The minimum absolute atomic E-state index is 0.640. The van der Waals surface area contributed by atoms with Crippen LogP contribution in [0.5, 0.6) is 0 Å². The van der Waals surface area contributed by atoms with E-state index < -0.39 is 5.60 Å². The number of hydrogen-bond donors (Lipinski definition) is 1. The van der Waals surface area contributed by atoms with Crippen molar-refractivity contribution in [2.45, 2.75) is 51.0 Å². The summed E-state index contributed by atoms with van der Waals surface area (Å²) in [6, 6.07) is 5.70. The average molecular weight is 332 g/mol. The van der Waals surface area contributed by atoms with E-state index in [4.69, 9.17) is 11.6 Å². The Morgan fingerprint density at radius 1 is 1.39 bits per heavy atom. The Bertz CT molecular complexity index is 411. The van der Waals surface area contributed by atoms with Crippen molar-refractivity contribution in [2.75, 3.05) is 0 Å². The molecule has 1 saturated carbocycles. The van der Waals surface area contributed by atoms with E-state index >= 15 is 0 Å². The van der Waals surface area contributed by atoms with Gasteiger partial charge in [-0.15, -0.1) is 0 Å². The zero-order chi connectivity index (χ0) is 13.2. The Hall–Kier alpha value is -0.0500. The van der Waals surface area contributed by atoms with Gasteiger partial charge in [0, 0.05) is 15.1 Å². The standard InChI is InChI=1S/C15H20BrClO/c1-15(18,9-8-11-4-2-3-5-11)13-7-6-12(16)10-14(13)17/h6-7,10-11,18H,2-5,8-9H2,1H3. The first-order valence-electron chi connectivity index (χ1n) is 6.67.